The van der Waals surface area contributed by atoms with Crippen LogP contribution >= 0.6 is 0 Å². The molecule has 0 spiro atoms. The SMILES string of the molecule is CC1=CC=c2cc3c(cc2[CH]1)=CC=CC(C)=C3C. The maximum absolute atomic E-state index is 2.31. The summed E-state index contributed by atoms with van der Waals surface area (Å²) in [4.78, 5) is 0. The van der Waals surface area contributed by atoms with Gasteiger partial charge in [-0.3, -0.25) is 0 Å². The maximum Gasteiger partial charge on any atom is 0.0161 e. The van der Waals surface area contributed by atoms with Crippen LogP contribution in [0.3, 0.4) is 0 Å². The predicted octanol–water partition coefficient (Wildman–Crippen LogP) is 3.12. The number of allylic oxidation sites excluding steroid dienone is 6. The van der Waals surface area contributed by atoms with Crippen LogP contribution in [0.1, 0.15) is 31.9 Å². The van der Waals surface area contributed by atoms with E-state index < -0.39 is 0 Å². The lowest BCUT2D eigenvalue weighted by Gasteiger charge is -2.11. The van der Waals surface area contributed by atoms with Crippen LogP contribution in [-0.2, 0) is 0 Å². The van der Waals surface area contributed by atoms with Gasteiger partial charge in [0.15, 0.2) is 0 Å². The molecule has 0 aromatic heterocycles. The normalized spacial score (nSPS) is 17.2. The first kappa shape index (κ1) is 11.3. The molecule has 0 unspecified atom stereocenters. The fraction of sp³-hybridized carbons (Fsp3) is 0.167. The molecule has 18 heavy (non-hydrogen) atoms. The third-order valence-corrected chi connectivity index (χ3v) is 3.78. The number of benzene rings is 1. The molecule has 1 aromatic carbocycles. The Balaban J connectivity index is 2.34. The highest BCUT2D eigenvalue weighted by molar-refractivity contribution is 5.74. The zero-order valence-corrected chi connectivity index (χ0v) is 11.1. The Kier molecular flexibility index (Phi) is 2.59. The molecule has 0 N–H and O–H groups in total. The van der Waals surface area contributed by atoms with E-state index in [1.54, 1.807) is 0 Å². The Bertz CT molecular complexity index is 722. The molecule has 0 aliphatic heterocycles. The summed E-state index contributed by atoms with van der Waals surface area (Å²) in [6.07, 6.45) is 13.2. The molecule has 89 valence electrons. The number of rotatable bonds is 0. The molecule has 0 bridgehead atoms. The number of hydrogen-bond acceptors (Lipinski definition) is 0. The van der Waals surface area contributed by atoms with Crippen molar-refractivity contribution in [3.63, 3.8) is 0 Å². The summed E-state index contributed by atoms with van der Waals surface area (Å²) in [5, 5.41) is 2.64. The Morgan fingerprint density at radius 1 is 0.833 bits per heavy atom. The summed E-state index contributed by atoms with van der Waals surface area (Å²) in [5.74, 6) is 0. The zero-order chi connectivity index (χ0) is 12.7. The van der Waals surface area contributed by atoms with Gasteiger partial charge >= 0.3 is 0 Å². The molecule has 1 aromatic rings. The van der Waals surface area contributed by atoms with Crippen molar-refractivity contribution in [2.45, 2.75) is 20.8 Å². The molecule has 0 fully saturated rings. The van der Waals surface area contributed by atoms with Gasteiger partial charge < -0.3 is 0 Å². The van der Waals surface area contributed by atoms with E-state index in [0.29, 0.717) is 0 Å². The molecule has 2 aliphatic rings. The highest BCUT2D eigenvalue weighted by Gasteiger charge is 2.08. The van der Waals surface area contributed by atoms with Crippen LogP contribution in [-0.4, -0.2) is 0 Å². The van der Waals surface area contributed by atoms with Crippen LogP contribution in [0.5, 0.6) is 0 Å². The molecule has 0 saturated carbocycles. The first-order valence-electron chi connectivity index (χ1n) is 6.39. The van der Waals surface area contributed by atoms with Crippen molar-refractivity contribution in [3.8, 4) is 0 Å². The summed E-state index contributed by atoms with van der Waals surface area (Å²) in [6, 6.07) is 4.61. The molecule has 0 amide bonds. The van der Waals surface area contributed by atoms with Crippen molar-refractivity contribution in [1.29, 1.82) is 0 Å². The van der Waals surface area contributed by atoms with Gasteiger partial charge in [-0.15, -0.1) is 0 Å². The minimum atomic E-state index is 1.31. The molecular weight excluding hydrogens is 216 g/mol. The van der Waals surface area contributed by atoms with Gasteiger partial charge in [-0.05, 0) is 65.6 Å². The Morgan fingerprint density at radius 3 is 2.50 bits per heavy atom. The van der Waals surface area contributed by atoms with Crippen LogP contribution in [0.4, 0.5) is 0 Å². The summed E-state index contributed by atoms with van der Waals surface area (Å²) in [5.41, 5.74) is 6.71. The second-order valence-electron chi connectivity index (χ2n) is 5.12. The zero-order valence-electron chi connectivity index (χ0n) is 11.1. The van der Waals surface area contributed by atoms with Crippen molar-refractivity contribution >= 4 is 17.7 Å². The first-order chi connectivity index (χ1) is 8.65. The van der Waals surface area contributed by atoms with E-state index in [-0.39, 0.29) is 0 Å². The van der Waals surface area contributed by atoms with Crippen molar-refractivity contribution < 1.29 is 0 Å². The Hall–Kier alpha value is -1.82. The topological polar surface area (TPSA) is 0 Å². The van der Waals surface area contributed by atoms with Crippen molar-refractivity contribution in [2.24, 2.45) is 0 Å². The van der Waals surface area contributed by atoms with Crippen LogP contribution < -0.4 is 10.4 Å². The van der Waals surface area contributed by atoms with E-state index in [1.807, 2.05) is 0 Å². The largest absolute Gasteiger partial charge is 0.0648 e. The second kappa shape index (κ2) is 4.13. The van der Waals surface area contributed by atoms with E-state index in [1.165, 1.54) is 38.3 Å². The van der Waals surface area contributed by atoms with Gasteiger partial charge in [0.25, 0.3) is 0 Å². The van der Waals surface area contributed by atoms with Crippen molar-refractivity contribution in [2.75, 3.05) is 0 Å². The molecular formula is C18H17. The van der Waals surface area contributed by atoms with E-state index in [0.717, 1.165) is 0 Å². The van der Waals surface area contributed by atoms with Gasteiger partial charge in [0.05, 0.1) is 0 Å². The summed E-state index contributed by atoms with van der Waals surface area (Å²) in [6.45, 7) is 6.52. The lowest BCUT2D eigenvalue weighted by atomic mass is 9.93. The monoisotopic (exact) mass is 233 g/mol. The Morgan fingerprint density at radius 2 is 1.67 bits per heavy atom. The van der Waals surface area contributed by atoms with Crippen LogP contribution in [0.15, 0.2) is 41.5 Å². The summed E-state index contributed by atoms with van der Waals surface area (Å²) in [7, 11) is 0. The molecule has 3 rings (SSSR count). The van der Waals surface area contributed by atoms with Gasteiger partial charge in [0.1, 0.15) is 0 Å². The lowest BCUT2D eigenvalue weighted by molar-refractivity contribution is 1.30. The van der Waals surface area contributed by atoms with Gasteiger partial charge in [0.2, 0.25) is 0 Å². The molecule has 0 atom stereocenters. The van der Waals surface area contributed by atoms with Gasteiger partial charge in [-0.25, -0.2) is 0 Å². The third kappa shape index (κ3) is 1.78. The van der Waals surface area contributed by atoms with Crippen LogP contribution in [0.25, 0.3) is 17.7 Å². The van der Waals surface area contributed by atoms with E-state index in [9.17, 15) is 0 Å². The summed E-state index contributed by atoms with van der Waals surface area (Å²) >= 11 is 0. The molecule has 0 nitrogen and oxygen atoms in total. The minimum Gasteiger partial charge on any atom is -0.0648 e. The fourth-order valence-corrected chi connectivity index (χ4v) is 2.53. The molecule has 0 saturated heterocycles. The van der Waals surface area contributed by atoms with Crippen molar-refractivity contribution in [3.05, 3.63) is 69.5 Å². The molecule has 2 aliphatic carbocycles. The lowest BCUT2D eigenvalue weighted by Crippen LogP contribution is -2.20. The van der Waals surface area contributed by atoms with Gasteiger partial charge in [-0.1, -0.05) is 36.0 Å². The first-order valence-corrected chi connectivity index (χ1v) is 6.39. The molecule has 0 heteroatoms. The van der Waals surface area contributed by atoms with Crippen molar-refractivity contribution in [1.82, 2.24) is 0 Å². The molecule has 1 radical (unpaired) electrons. The van der Waals surface area contributed by atoms with Gasteiger partial charge in [-0.2, -0.15) is 0 Å². The quantitative estimate of drug-likeness (QED) is 0.646. The second-order valence-corrected chi connectivity index (χ2v) is 5.12. The highest BCUT2D eigenvalue weighted by atomic mass is 14.1. The van der Waals surface area contributed by atoms with E-state index >= 15 is 0 Å². The minimum absolute atomic E-state index is 1.31. The third-order valence-electron chi connectivity index (χ3n) is 3.78. The van der Waals surface area contributed by atoms with Gasteiger partial charge in [0, 0.05) is 6.42 Å². The maximum atomic E-state index is 2.31. The highest BCUT2D eigenvalue weighted by Crippen LogP contribution is 2.18. The average molecular weight is 233 g/mol. The molecule has 0 heterocycles. The number of hydrogen-bond donors (Lipinski definition) is 0. The summed E-state index contributed by atoms with van der Waals surface area (Å²) < 4.78 is 0. The van der Waals surface area contributed by atoms with E-state index in [2.05, 4.69) is 69.7 Å². The predicted molar refractivity (Wildman–Crippen MR) is 79.2 cm³/mol. The Labute approximate surface area is 108 Å². The van der Waals surface area contributed by atoms with E-state index in [4.69, 9.17) is 0 Å². The smallest absolute Gasteiger partial charge is 0.0161 e. The average Bonchev–Trinajstić information content (AvgIpc) is 2.48. The van der Waals surface area contributed by atoms with Crippen LogP contribution in [0.2, 0.25) is 0 Å². The van der Waals surface area contributed by atoms with Crippen LogP contribution in [0, 0.1) is 6.42 Å². The standard InChI is InChI=1S/C18H17/c1-12-7-8-15-11-18-14(3)13(2)5-4-6-16(18)10-17(15)9-12/h4-11H,1-3H3. The fourth-order valence-electron chi connectivity index (χ4n) is 2.53. The number of fused-ring (bicyclic) bond motifs is 2.